The molecule has 112 valence electrons. The Morgan fingerprint density at radius 3 is 2.38 bits per heavy atom. The third-order valence-corrected chi connectivity index (χ3v) is 2.90. The van der Waals surface area contributed by atoms with Crippen molar-refractivity contribution in [2.75, 3.05) is 11.9 Å². The molecule has 1 amide bonds. The summed E-state index contributed by atoms with van der Waals surface area (Å²) in [6, 6.07) is 7.75. The fraction of sp³-hybridized carbons (Fsp3) is 0.438. The van der Waals surface area contributed by atoms with E-state index in [-0.39, 0.29) is 11.4 Å². The summed E-state index contributed by atoms with van der Waals surface area (Å²) in [5, 5.41) is 6.12. The molecule has 0 aliphatic carbocycles. The Hall–Kier alpha value is -2.17. The van der Waals surface area contributed by atoms with Crippen molar-refractivity contribution >= 4 is 22.8 Å². The van der Waals surface area contributed by atoms with Crippen LogP contribution in [0.2, 0.25) is 0 Å². The second-order valence-electron chi connectivity index (χ2n) is 6.12. The van der Waals surface area contributed by atoms with Crippen LogP contribution in [0.15, 0.2) is 24.3 Å². The number of aromatic nitrogens is 2. The average molecular weight is 286 g/mol. The topological polar surface area (TPSA) is 66.9 Å². The minimum atomic E-state index is -0.199. The first-order chi connectivity index (χ1) is 9.85. The number of hydrogen-bond acceptors (Lipinski definition) is 4. The summed E-state index contributed by atoms with van der Waals surface area (Å²) < 4.78 is 0. The van der Waals surface area contributed by atoms with Crippen LogP contribution in [0.5, 0.6) is 0 Å². The second kappa shape index (κ2) is 6.08. The molecule has 1 heterocycles. The largest absolute Gasteiger partial charge is 0.368 e. The number of fused-ring (bicyclic) bond motifs is 1. The lowest BCUT2D eigenvalue weighted by Crippen LogP contribution is -2.41. The van der Waals surface area contributed by atoms with Gasteiger partial charge in [0.1, 0.15) is 5.82 Å². The van der Waals surface area contributed by atoms with Crippen molar-refractivity contribution in [2.45, 2.75) is 39.7 Å². The van der Waals surface area contributed by atoms with Crippen molar-refractivity contribution in [1.82, 2.24) is 15.3 Å². The van der Waals surface area contributed by atoms with Crippen LogP contribution in [0.25, 0.3) is 11.0 Å². The predicted octanol–water partition coefficient (Wildman–Crippen LogP) is 2.65. The van der Waals surface area contributed by atoms with Crippen LogP contribution in [0.4, 0.5) is 5.82 Å². The quantitative estimate of drug-likeness (QED) is 0.906. The van der Waals surface area contributed by atoms with Crippen molar-refractivity contribution in [3.63, 3.8) is 0 Å². The molecule has 0 aliphatic rings. The summed E-state index contributed by atoms with van der Waals surface area (Å²) in [6.45, 7) is 8.36. The number of aryl methyl sites for hydroxylation is 1. The Bertz CT molecular complexity index is 646. The van der Waals surface area contributed by atoms with Gasteiger partial charge in [0.05, 0.1) is 16.7 Å². The summed E-state index contributed by atoms with van der Waals surface area (Å²) in [7, 11) is 0. The van der Waals surface area contributed by atoms with Gasteiger partial charge in [0.25, 0.3) is 0 Å². The van der Waals surface area contributed by atoms with E-state index in [0.29, 0.717) is 13.0 Å². The summed E-state index contributed by atoms with van der Waals surface area (Å²) in [5.41, 5.74) is 2.37. The van der Waals surface area contributed by atoms with Gasteiger partial charge in [0.2, 0.25) is 5.91 Å². The molecule has 2 rings (SSSR count). The predicted molar refractivity (Wildman–Crippen MR) is 85.3 cm³/mol. The number of amides is 1. The third kappa shape index (κ3) is 4.41. The maximum absolute atomic E-state index is 11.8. The lowest BCUT2D eigenvalue weighted by molar-refractivity contribution is -0.122. The van der Waals surface area contributed by atoms with Gasteiger partial charge in [-0.2, -0.15) is 0 Å². The molecule has 1 aromatic heterocycles. The lowest BCUT2D eigenvalue weighted by Gasteiger charge is -2.20. The maximum atomic E-state index is 11.8. The van der Waals surface area contributed by atoms with Gasteiger partial charge in [-0.15, -0.1) is 0 Å². The molecule has 2 N–H and O–H groups in total. The molecule has 0 aliphatic heterocycles. The molecule has 0 fully saturated rings. The second-order valence-corrected chi connectivity index (χ2v) is 6.12. The van der Waals surface area contributed by atoms with Crippen molar-refractivity contribution in [3.05, 3.63) is 30.0 Å². The highest BCUT2D eigenvalue weighted by molar-refractivity contribution is 5.78. The van der Waals surface area contributed by atoms with Crippen molar-refractivity contribution in [3.8, 4) is 0 Å². The molecule has 0 bridgehead atoms. The molecule has 0 atom stereocenters. The van der Waals surface area contributed by atoms with E-state index < -0.39 is 0 Å². The van der Waals surface area contributed by atoms with E-state index in [1.165, 1.54) is 0 Å². The minimum absolute atomic E-state index is 0.0291. The van der Waals surface area contributed by atoms with E-state index in [2.05, 4.69) is 20.6 Å². The van der Waals surface area contributed by atoms with Crippen LogP contribution in [-0.4, -0.2) is 28.0 Å². The number of carbonyl (C=O) groups is 1. The number of carbonyl (C=O) groups excluding carboxylic acids is 1. The molecular weight excluding hydrogens is 264 g/mol. The number of anilines is 1. The van der Waals surface area contributed by atoms with Crippen molar-refractivity contribution in [2.24, 2.45) is 0 Å². The van der Waals surface area contributed by atoms with E-state index in [4.69, 9.17) is 0 Å². The first kappa shape index (κ1) is 15.2. The monoisotopic (exact) mass is 286 g/mol. The number of nitrogens with one attached hydrogen (secondary N) is 2. The number of nitrogens with zero attached hydrogens (tertiary/aromatic N) is 2. The zero-order valence-corrected chi connectivity index (χ0v) is 13.0. The number of para-hydroxylation sites is 2. The van der Waals surface area contributed by atoms with Gasteiger partial charge in [-0.05, 0) is 39.8 Å². The van der Waals surface area contributed by atoms with Gasteiger partial charge in [-0.3, -0.25) is 4.79 Å². The summed E-state index contributed by atoms with van der Waals surface area (Å²) in [6.07, 6.45) is 0.408. The first-order valence-electron chi connectivity index (χ1n) is 7.13. The van der Waals surface area contributed by atoms with Gasteiger partial charge in [0, 0.05) is 18.5 Å². The van der Waals surface area contributed by atoms with Crippen molar-refractivity contribution in [1.29, 1.82) is 0 Å². The van der Waals surface area contributed by atoms with E-state index in [1.54, 1.807) is 0 Å². The summed E-state index contributed by atoms with van der Waals surface area (Å²) >= 11 is 0. The number of benzene rings is 1. The molecule has 21 heavy (non-hydrogen) atoms. The van der Waals surface area contributed by atoms with E-state index in [0.717, 1.165) is 22.5 Å². The molecular formula is C16H22N4O. The molecule has 2 aromatic rings. The molecule has 0 spiro atoms. The van der Waals surface area contributed by atoms with Crippen LogP contribution in [-0.2, 0) is 4.79 Å². The van der Waals surface area contributed by atoms with E-state index in [9.17, 15) is 4.79 Å². The summed E-state index contributed by atoms with van der Waals surface area (Å²) in [4.78, 5) is 20.8. The zero-order chi connectivity index (χ0) is 15.5. The molecule has 0 radical (unpaired) electrons. The highest BCUT2D eigenvalue weighted by Gasteiger charge is 2.13. The SMILES string of the molecule is Cc1nc2ccccc2nc1NCCC(=O)NC(C)(C)C. The van der Waals surface area contributed by atoms with Gasteiger partial charge in [0.15, 0.2) is 0 Å². The molecule has 0 saturated carbocycles. The van der Waals surface area contributed by atoms with Crippen LogP contribution in [0.1, 0.15) is 32.9 Å². The van der Waals surface area contributed by atoms with Gasteiger partial charge >= 0.3 is 0 Å². The van der Waals surface area contributed by atoms with Crippen LogP contribution in [0.3, 0.4) is 0 Å². The maximum Gasteiger partial charge on any atom is 0.222 e. The summed E-state index contributed by atoms with van der Waals surface area (Å²) in [5.74, 6) is 0.763. The molecule has 5 heteroatoms. The molecule has 5 nitrogen and oxygen atoms in total. The fourth-order valence-corrected chi connectivity index (χ4v) is 2.03. The van der Waals surface area contributed by atoms with E-state index in [1.807, 2.05) is 52.0 Å². The third-order valence-electron chi connectivity index (χ3n) is 2.90. The Kier molecular flexibility index (Phi) is 4.40. The Labute approximate surface area is 125 Å². The number of hydrogen-bond donors (Lipinski definition) is 2. The molecule has 0 saturated heterocycles. The minimum Gasteiger partial charge on any atom is -0.368 e. The van der Waals surface area contributed by atoms with Crippen LogP contribution < -0.4 is 10.6 Å². The molecule has 0 unspecified atom stereocenters. The van der Waals surface area contributed by atoms with E-state index >= 15 is 0 Å². The van der Waals surface area contributed by atoms with Gasteiger partial charge < -0.3 is 10.6 Å². The lowest BCUT2D eigenvalue weighted by atomic mass is 10.1. The number of rotatable bonds is 4. The zero-order valence-electron chi connectivity index (χ0n) is 13.0. The first-order valence-corrected chi connectivity index (χ1v) is 7.13. The normalized spacial score (nSPS) is 11.4. The highest BCUT2D eigenvalue weighted by Crippen LogP contribution is 2.15. The fourth-order valence-electron chi connectivity index (χ4n) is 2.03. The highest BCUT2D eigenvalue weighted by atomic mass is 16.1. The molecule has 1 aromatic carbocycles. The van der Waals surface area contributed by atoms with Gasteiger partial charge in [-0.1, -0.05) is 12.1 Å². The Morgan fingerprint density at radius 1 is 1.14 bits per heavy atom. The van der Waals surface area contributed by atoms with Crippen LogP contribution >= 0.6 is 0 Å². The smallest absolute Gasteiger partial charge is 0.222 e. The van der Waals surface area contributed by atoms with Crippen molar-refractivity contribution < 1.29 is 4.79 Å². The van der Waals surface area contributed by atoms with Crippen LogP contribution in [0, 0.1) is 6.92 Å². The Balaban J connectivity index is 1.97. The average Bonchev–Trinajstić information content (AvgIpc) is 2.37. The Morgan fingerprint density at radius 2 is 1.76 bits per heavy atom. The van der Waals surface area contributed by atoms with Gasteiger partial charge in [-0.25, -0.2) is 9.97 Å². The standard InChI is InChI=1S/C16H22N4O/c1-11-15(17-10-9-14(21)20-16(2,3)4)19-13-8-6-5-7-12(13)18-11/h5-8H,9-10H2,1-4H3,(H,17,19)(H,20,21).